The quantitative estimate of drug-likeness (QED) is 0.464. The Hall–Kier alpha value is -2.74. The van der Waals surface area contributed by atoms with Crippen molar-refractivity contribution in [1.82, 2.24) is 14.5 Å². The molecule has 4 aliphatic rings. The molecule has 4 fully saturated rings. The lowest BCUT2D eigenvalue weighted by atomic mass is 9.73. The fourth-order valence-electron chi connectivity index (χ4n) is 8.25. The van der Waals surface area contributed by atoms with Gasteiger partial charge in [0.25, 0.3) is 5.56 Å². The van der Waals surface area contributed by atoms with E-state index in [2.05, 4.69) is 15.0 Å². The number of oxime groups is 1. The predicted molar refractivity (Wildman–Crippen MR) is 142 cm³/mol. The van der Waals surface area contributed by atoms with Crippen LogP contribution in [0, 0.1) is 11.8 Å². The number of rotatable bonds is 5. The third kappa shape index (κ3) is 4.58. The molecular weight excluding hydrogens is 468 g/mol. The number of fused-ring (bicyclic) bond motifs is 5. The molecule has 3 heterocycles. The monoisotopic (exact) mass is 506 g/mol. The van der Waals surface area contributed by atoms with Crippen LogP contribution >= 0.6 is 0 Å². The number of aromatic nitrogens is 2. The highest BCUT2D eigenvalue weighted by atomic mass is 16.6. The van der Waals surface area contributed by atoms with E-state index in [0.29, 0.717) is 23.6 Å². The van der Waals surface area contributed by atoms with E-state index < -0.39 is 17.2 Å². The SMILES string of the molecule is CO/N=C(\C(=O)O)c1nc2ccccc2n(C2C[C@H]3CCC[C@@H](C2)N3C2CC3CCCC[C@H](C3)C2)c1=O. The zero-order chi connectivity index (χ0) is 25.5. The van der Waals surface area contributed by atoms with Crippen molar-refractivity contribution in [2.75, 3.05) is 7.11 Å². The summed E-state index contributed by atoms with van der Waals surface area (Å²) in [7, 11) is 1.28. The zero-order valence-corrected chi connectivity index (χ0v) is 21.7. The van der Waals surface area contributed by atoms with Gasteiger partial charge in [0.05, 0.1) is 11.0 Å². The minimum atomic E-state index is -1.32. The van der Waals surface area contributed by atoms with Crippen LogP contribution in [0.4, 0.5) is 0 Å². The molecule has 4 bridgehead atoms. The van der Waals surface area contributed by atoms with E-state index in [1.54, 1.807) is 0 Å². The summed E-state index contributed by atoms with van der Waals surface area (Å²) in [5.74, 6) is 0.445. The van der Waals surface area contributed by atoms with Crippen LogP contribution in [0.2, 0.25) is 0 Å². The Morgan fingerprint density at radius 3 is 2.24 bits per heavy atom. The van der Waals surface area contributed by atoms with Gasteiger partial charge >= 0.3 is 5.97 Å². The molecule has 3 unspecified atom stereocenters. The molecule has 1 aromatic heterocycles. The fourth-order valence-corrected chi connectivity index (χ4v) is 8.25. The lowest BCUT2D eigenvalue weighted by molar-refractivity contribution is -0.129. The Labute approximate surface area is 217 Å². The topological polar surface area (TPSA) is 97.0 Å². The normalized spacial score (nSPS) is 32.6. The summed E-state index contributed by atoms with van der Waals surface area (Å²) < 4.78 is 1.83. The van der Waals surface area contributed by atoms with Crippen molar-refractivity contribution in [3.05, 3.63) is 40.3 Å². The van der Waals surface area contributed by atoms with Crippen LogP contribution in [0.15, 0.2) is 34.2 Å². The molecular formula is C29H38N4O4. The predicted octanol–water partition coefficient (Wildman–Crippen LogP) is 4.75. The number of carboxylic acid groups (broad SMARTS) is 1. The zero-order valence-electron chi connectivity index (χ0n) is 21.7. The number of nitrogens with zero attached hydrogens (tertiary/aromatic N) is 4. The Morgan fingerprint density at radius 1 is 0.919 bits per heavy atom. The summed E-state index contributed by atoms with van der Waals surface area (Å²) in [6.45, 7) is 0. The highest BCUT2D eigenvalue weighted by Crippen LogP contribution is 2.46. The van der Waals surface area contributed by atoms with E-state index in [1.807, 2.05) is 28.8 Å². The van der Waals surface area contributed by atoms with Crippen molar-refractivity contribution >= 4 is 22.7 Å². The second-order valence-electron chi connectivity index (χ2n) is 11.7. The van der Waals surface area contributed by atoms with Crippen LogP contribution in [-0.4, -0.2) is 56.5 Å². The average molecular weight is 507 g/mol. The standard InChI is InChI=1S/C29H38N4O4/c1-37-31-27(29(35)36)26-28(34)33(25-12-5-4-11-24(25)30-26)23-16-20-9-6-10-21(17-23)32(20)22-14-18-7-2-3-8-19(13-18)15-22/h4-5,11-12,18-23H,2-3,6-10,13-17H2,1H3,(H,35,36)/b31-27-/t18-,19?,20-,21+,22?,23?/m1/s1. The number of para-hydroxylation sites is 2. The van der Waals surface area contributed by atoms with Gasteiger partial charge in [0.15, 0.2) is 5.69 Å². The third-order valence-corrected chi connectivity index (χ3v) is 9.55. The van der Waals surface area contributed by atoms with Gasteiger partial charge in [-0.1, -0.05) is 49.4 Å². The van der Waals surface area contributed by atoms with E-state index in [1.165, 1.54) is 71.3 Å². The fraction of sp³-hybridized carbons (Fsp3) is 0.655. The first-order chi connectivity index (χ1) is 18.0. The molecule has 2 saturated carbocycles. The number of carbonyl (C=O) groups is 1. The first-order valence-corrected chi connectivity index (χ1v) is 14.2. The van der Waals surface area contributed by atoms with E-state index in [-0.39, 0.29) is 11.7 Å². The maximum absolute atomic E-state index is 13.9. The van der Waals surface area contributed by atoms with Crippen LogP contribution in [0.5, 0.6) is 0 Å². The van der Waals surface area contributed by atoms with Gasteiger partial charge in [0.2, 0.25) is 5.71 Å². The van der Waals surface area contributed by atoms with Crippen molar-refractivity contribution in [2.24, 2.45) is 17.0 Å². The molecule has 198 valence electrons. The molecule has 6 atom stereocenters. The second-order valence-corrected chi connectivity index (χ2v) is 11.7. The molecule has 2 aliphatic carbocycles. The summed E-state index contributed by atoms with van der Waals surface area (Å²) in [5, 5.41) is 13.4. The number of aliphatic carboxylic acids is 1. The lowest BCUT2D eigenvalue weighted by Gasteiger charge is -2.54. The first kappa shape index (κ1) is 24.6. The Kier molecular flexibility index (Phi) is 6.78. The van der Waals surface area contributed by atoms with Crippen LogP contribution in [0.25, 0.3) is 11.0 Å². The molecule has 8 heteroatoms. The summed E-state index contributed by atoms with van der Waals surface area (Å²) >= 11 is 0. The van der Waals surface area contributed by atoms with Gasteiger partial charge in [-0.2, -0.15) is 0 Å². The highest BCUT2D eigenvalue weighted by molar-refractivity contribution is 6.41. The number of hydrogen-bond donors (Lipinski definition) is 1. The lowest BCUT2D eigenvalue weighted by Crippen LogP contribution is -2.58. The first-order valence-electron chi connectivity index (χ1n) is 14.2. The molecule has 6 rings (SSSR count). The maximum Gasteiger partial charge on any atom is 0.360 e. The number of piperidine rings is 2. The van der Waals surface area contributed by atoms with E-state index in [0.717, 1.165) is 30.2 Å². The number of hydrogen-bond acceptors (Lipinski definition) is 6. The molecule has 2 aromatic rings. The number of benzene rings is 1. The molecule has 1 N–H and O–H groups in total. The van der Waals surface area contributed by atoms with E-state index in [9.17, 15) is 14.7 Å². The van der Waals surface area contributed by atoms with Crippen LogP contribution in [-0.2, 0) is 9.63 Å². The van der Waals surface area contributed by atoms with Crippen molar-refractivity contribution in [3.63, 3.8) is 0 Å². The second kappa shape index (κ2) is 10.2. The Balaban J connectivity index is 1.36. The molecule has 0 spiro atoms. The van der Waals surface area contributed by atoms with Gasteiger partial charge in [0.1, 0.15) is 7.11 Å². The van der Waals surface area contributed by atoms with E-state index >= 15 is 0 Å². The van der Waals surface area contributed by atoms with Gasteiger partial charge in [-0.3, -0.25) is 9.69 Å². The molecule has 37 heavy (non-hydrogen) atoms. The third-order valence-electron chi connectivity index (χ3n) is 9.55. The summed E-state index contributed by atoms with van der Waals surface area (Å²) in [6.07, 6.45) is 15.1. The summed E-state index contributed by atoms with van der Waals surface area (Å²) in [6, 6.07) is 9.16. The summed E-state index contributed by atoms with van der Waals surface area (Å²) in [5.41, 5.74) is 0.369. The molecule has 2 saturated heterocycles. The van der Waals surface area contributed by atoms with Gasteiger partial charge in [-0.15, -0.1) is 0 Å². The van der Waals surface area contributed by atoms with Gasteiger partial charge < -0.3 is 14.5 Å². The Morgan fingerprint density at radius 2 is 1.59 bits per heavy atom. The Bertz CT molecular complexity index is 1230. The van der Waals surface area contributed by atoms with Gasteiger partial charge in [0, 0.05) is 24.2 Å². The number of carboxylic acids is 1. The van der Waals surface area contributed by atoms with Crippen LogP contribution in [0.3, 0.4) is 0 Å². The van der Waals surface area contributed by atoms with Crippen LogP contribution in [0.1, 0.15) is 88.8 Å². The molecule has 1 aromatic carbocycles. The minimum Gasteiger partial charge on any atom is -0.476 e. The smallest absolute Gasteiger partial charge is 0.360 e. The van der Waals surface area contributed by atoms with Gasteiger partial charge in [-0.25, -0.2) is 9.78 Å². The molecule has 0 amide bonds. The maximum atomic E-state index is 13.9. The molecule has 8 nitrogen and oxygen atoms in total. The molecule has 2 aliphatic heterocycles. The van der Waals surface area contributed by atoms with Crippen molar-refractivity contribution in [2.45, 2.75) is 101 Å². The largest absolute Gasteiger partial charge is 0.476 e. The van der Waals surface area contributed by atoms with Crippen LogP contribution < -0.4 is 5.56 Å². The van der Waals surface area contributed by atoms with Gasteiger partial charge in [-0.05, 0) is 68.9 Å². The van der Waals surface area contributed by atoms with Crippen molar-refractivity contribution in [1.29, 1.82) is 0 Å². The highest BCUT2D eigenvalue weighted by Gasteiger charge is 2.45. The summed E-state index contributed by atoms with van der Waals surface area (Å²) in [4.78, 5) is 37.9. The molecule has 0 radical (unpaired) electrons. The van der Waals surface area contributed by atoms with E-state index in [4.69, 9.17) is 4.84 Å². The average Bonchev–Trinajstić information content (AvgIpc) is 3.05. The minimum absolute atomic E-state index is 0.00848. The van der Waals surface area contributed by atoms with Crippen molar-refractivity contribution < 1.29 is 14.7 Å². The van der Waals surface area contributed by atoms with Crippen molar-refractivity contribution in [3.8, 4) is 0 Å².